The van der Waals surface area contributed by atoms with Gasteiger partial charge in [0.15, 0.2) is 0 Å². The Morgan fingerprint density at radius 3 is 2.28 bits per heavy atom. The van der Waals surface area contributed by atoms with Gasteiger partial charge in [0.1, 0.15) is 0 Å². The molecule has 0 saturated heterocycles. The first kappa shape index (κ1) is 11.8. The molecular weight excluding hydrogens is 284 g/mol. The molecule has 0 nitrogen and oxygen atoms in total. The molecular formula is C17H23Br. The highest BCUT2D eigenvalue weighted by Crippen LogP contribution is 2.71. The number of hydrogen-bond donors (Lipinski definition) is 0. The Balaban J connectivity index is 1.84. The Labute approximate surface area is 119 Å². The predicted octanol–water partition coefficient (Wildman–Crippen LogP) is 4.48. The van der Waals surface area contributed by atoms with Crippen molar-refractivity contribution in [3.8, 4) is 12.3 Å². The van der Waals surface area contributed by atoms with Crippen molar-refractivity contribution in [2.75, 3.05) is 0 Å². The van der Waals surface area contributed by atoms with Crippen molar-refractivity contribution in [2.24, 2.45) is 40.9 Å². The van der Waals surface area contributed by atoms with Gasteiger partial charge in [0.05, 0.1) is 0 Å². The lowest BCUT2D eigenvalue weighted by atomic mass is 9.49. The third-order valence-corrected chi connectivity index (χ3v) is 8.63. The number of alkyl halides is 1. The largest absolute Gasteiger partial charge is 0.120 e. The van der Waals surface area contributed by atoms with Gasteiger partial charge in [-0.15, -0.1) is 6.42 Å². The van der Waals surface area contributed by atoms with Gasteiger partial charge in [-0.1, -0.05) is 35.7 Å². The molecule has 1 heteroatoms. The summed E-state index contributed by atoms with van der Waals surface area (Å²) in [5, 5.41) is 0. The van der Waals surface area contributed by atoms with Crippen LogP contribution in [0, 0.1) is 53.3 Å². The Morgan fingerprint density at radius 1 is 0.944 bits per heavy atom. The number of halogens is 1. The normalized spacial score (nSPS) is 64.8. The van der Waals surface area contributed by atoms with Crippen LogP contribution in [0.2, 0.25) is 0 Å². The van der Waals surface area contributed by atoms with E-state index in [4.69, 9.17) is 6.42 Å². The molecule has 8 atom stereocenters. The van der Waals surface area contributed by atoms with E-state index in [2.05, 4.69) is 35.7 Å². The fourth-order valence-corrected chi connectivity index (χ4v) is 7.52. The Kier molecular flexibility index (Phi) is 2.22. The first-order valence-electron chi connectivity index (χ1n) is 7.65. The SMILES string of the molecule is C#CC12CC(C)C3CC4(Br)CC(C3C1)C(C2)[C@@H]4C. The summed E-state index contributed by atoms with van der Waals surface area (Å²) in [5.74, 6) is 8.67. The summed E-state index contributed by atoms with van der Waals surface area (Å²) in [5.41, 5.74) is 0.262. The van der Waals surface area contributed by atoms with Gasteiger partial charge in [-0.2, -0.15) is 0 Å². The zero-order valence-electron chi connectivity index (χ0n) is 11.5. The molecule has 4 aliphatic carbocycles. The van der Waals surface area contributed by atoms with Crippen molar-refractivity contribution in [3.63, 3.8) is 0 Å². The van der Waals surface area contributed by atoms with E-state index in [1.54, 1.807) is 0 Å². The minimum absolute atomic E-state index is 0.262. The lowest BCUT2D eigenvalue weighted by Gasteiger charge is -2.56. The molecule has 4 fully saturated rings. The molecule has 0 aromatic heterocycles. The van der Waals surface area contributed by atoms with Gasteiger partial charge in [0.25, 0.3) is 0 Å². The van der Waals surface area contributed by atoms with Crippen LogP contribution in [0.5, 0.6) is 0 Å². The van der Waals surface area contributed by atoms with Crippen LogP contribution in [0.3, 0.4) is 0 Å². The van der Waals surface area contributed by atoms with Crippen molar-refractivity contribution in [1.82, 2.24) is 0 Å². The number of terminal acetylenes is 1. The van der Waals surface area contributed by atoms with E-state index < -0.39 is 0 Å². The standard InChI is InChI=1S/C17H23Br/c1-4-16-5-10(2)12-8-17(18)9-15(14(12)7-16)13(6-16)11(17)3/h1,10-15H,5-9H2,2-3H3/t10?,11-,12?,13?,14?,15?,16?,17?/m0/s1. The fourth-order valence-electron chi connectivity index (χ4n) is 6.43. The van der Waals surface area contributed by atoms with Crippen molar-refractivity contribution < 1.29 is 0 Å². The molecule has 4 rings (SSSR count). The summed E-state index contributed by atoms with van der Waals surface area (Å²) in [6, 6.07) is 0. The molecule has 0 heterocycles. The molecule has 0 aromatic rings. The summed E-state index contributed by atoms with van der Waals surface area (Å²) >= 11 is 4.15. The first-order valence-corrected chi connectivity index (χ1v) is 8.44. The van der Waals surface area contributed by atoms with Crippen LogP contribution in [0.15, 0.2) is 0 Å². The summed E-state index contributed by atoms with van der Waals surface area (Å²) in [7, 11) is 0. The Morgan fingerprint density at radius 2 is 1.56 bits per heavy atom. The van der Waals surface area contributed by atoms with Crippen molar-refractivity contribution >= 4 is 15.9 Å². The van der Waals surface area contributed by atoms with Gasteiger partial charge >= 0.3 is 0 Å². The van der Waals surface area contributed by atoms with Crippen molar-refractivity contribution in [1.29, 1.82) is 0 Å². The highest BCUT2D eigenvalue weighted by Gasteiger charge is 2.65. The highest BCUT2D eigenvalue weighted by atomic mass is 79.9. The molecule has 18 heavy (non-hydrogen) atoms. The fraction of sp³-hybridized carbons (Fsp3) is 0.882. The summed E-state index contributed by atoms with van der Waals surface area (Å²) < 4.78 is 0.451. The minimum atomic E-state index is 0.262. The maximum atomic E-state index is 5.97. The first-order chi connectivity index (χ1) is 8.48. The summed E-state index contributed by atoms with van der Waals surface area (Å²) in [6.45, 7) is 4.95. The van der Waals surface area contributed by atoms with E-state index in [1.807, 2.05) is 0 Å². The van der Waals surface area contributed by atoms with Crippen molar-refractivity contribution in [3.05, 3.63) is 0 Å². The number of fused-ring (bicyclic) bond motifs is 2. The van der Waals surface area contributed by atoms with Crippen LogP contribution >= 0.6 is 15.9 Å². The van der Waals surface area contributed by atoms with Gasteiger partial charge in [-0.05, 0) is 67.6 Å². The van der Waals surface area contributed by atoms with E-state index in [9.17, 15) is 0 Å². The highest BCUT2D eigenvalue weighted by molar-refractivity contribution is 9.10. The maximum absolute atomic E-state index is 5.97. The van der Waals surface area contributed by atoms with Gasteiger partial charge in [0.2, 0.25) is 0 Å². The molecule has 0 amide bonds. The maximum Gasteiger partial charge on any atom is 0.0320 e. The molecule has 0 radical (unpaired) electrons. The minimum Gasteiger partial charge on any atom is -0.120 e. The van der Waals surface area contributed by atoms with E-state index in [-0.39, 0.29) is 5.41 Å². The van der Waals surface area contributed by atoms with Crippen LogP contribution in [-0.4, -0.2) is 4.32 Å². The van der Waals surface area contributed by atoms with Crippen LogP contribution in [0.25, 0.3) is 0 Å². The zero-order valence-corrected chi connectivity index (χ0v) is 13.0. The molecule has 0 spiro atoms. The van der Waals surface area contributed by atoms with E-state index in [0.717, 1.165) is 35.5 Å². The zero-order chi connectivity index (χ0) is 12.7. The molecule has 4 aliphatic rings. The van der Waals surface area contributed by atoms with Crippen LogP contribution in [0.4, 0.5) is 0 Å². The van der Waals surface area contributed by atoms with Crippen LogP contribution in [0.1, 0.15) is 46.0 Å². The van der Waals surface area contributed by atoms with Gasteiger partial charge in [-0.25, -0.2) is 0 Å². The second kappa shape index (κ2) is 3.38. The second-order valence-corrected chi connectivity index (χ2v) is 9.48. The molecule has 4 bridgehead atoms. The molecule has 0 N–H and O–H groups in total. The smallest absolute Gasteiger partial charge is 0.0320 e. The molecule has 98 valence electrons. The summed E-state index contributed by atoms with van der Waals surface area (Å²) in [6.07, 6.45) is 12.8. The number of hydrogen-bond acceptors (Lipinski definition) is 0. The van der Waals surface area contributed by atoms with E-state index in [0.29, 0.717) is 4.32 Å². The third-order valence-electron chi connectivity index (χ3n) is 7.26. The average Bonchev–Trinajstić information content (AvgIpc) is 2.58. The third kappa shape index (κ3) is 1.24. The Hall–Kier alpha value is 0.0400. The average molecular weight is 307 g/mol. The lowest BCUT2D eigenvalue weighted by molar-refractivity contribution is -0.0430. The van der Waals surface area contributed by atoms with Crippen LogP contribution in [-0.2, 0) is 0 Å². The van der Waals surface area contributed by atoms with Crippen molar-refractivity contribution in [2.45, 2.75) is 50.3 Å². The van der Waals surface area contributed by atoms with E-state index in [1.165, 1.54) is 32.1 Å². The van der Waals surface area contributed by atoms with Gasteiger partial charge in [-0.3, -0.25) is 0 Å². The van der Waals surface area contributed by atoms with Gasteiger partial charge in [0, 0.05) is 9.74 Å². The Bertz CT molecular complexity index is 433. The van der Waals surface area contributed by atoms with E-state index >= 15 is 0 Å². The molecule has 4 saturated carbocycles. The molecule has 0 aromatic carbocycles. The monoisotopic (exact) mass is 306 g/mol. The molecule has 7 unspecified atom stereocenters. The van der Waals surface area contributed by atoms with Crippen LogP contribution < -0.4 is 0 Å². The second-order valence-electron chi connectivity index (χ2n) is 7.90. The lowest BCUT2D eigenvalue weighted by Crippen LogP contribution is -2.49. The summed E-state index contributed by atoms with van der Waals surface area (Å²) in [4.78, 5) is 0. The number of rotatable bonds is 0. The predicted molar refractivity (Wildman–Crippen MR) is 78.3 cm³/mol. The van der Waals surface area contributed by atoms with Gasteiger partial charge < -0.3 is 0 Å². The quantitative estimate of drug-likeness (QED) is 0.457. The molecule has 0 aliphatic heterocycles. The topological polar surface area (TPSA) is 0 Å².